The van der Waals surface area contributed by atoms with Crippen molar-refractivity contribution in [2.45, 2.75) is 38.6 Å². The van der Waals surface area contributed by atoms with Crippen molar-refractivity contribution in [3.05, 3.63) is 0 Å². The number of nitrogens with one attached hydrogen (secondary N) is 2. The number of amides is 2. The predicted octanol–water partition coefficient (Wildman–Crippen LogP) is 0.881. The van der Waals surface area contributed by atoms with Gasteiger partial charge in [-0.15, -0.1) is 0 Å². The molecule has 0 unspecified atom stereocenters. The first-order valence-corrected chi connectivity index (χ1v) is 6.62. The Labute approximate surface area is 114 Å². The van der Waals surface area contributed by atoms with Gasteiger partial charge in [-0.1, -0.05) is 0 Å². The Kier molecular flexibility index (Phi) is 4.79. The van der Waals surface area contributed by atoms with E-state index in [0.29, 0.717) is 6.54 Å². The monoisotopic (exact) mass is 271 g/mol. The standard InChI is InChI=1S/C13H25N3O3/c1-12(2,10(17)18)8-14-11(19)15-9-13(16(3)4)6-5-7-13/h5-9H2,1-4H3,(H,17,18)(H2,14,15,19). The Hall–Kier alpha value is -1.30. The smallest absolute Gasteiger partial charge is 0.314 e. The summed E-state index contributed by atoms with van der Waals surface area (Å²) in [7, 11) is 4.04. The van der Waals surface area contributed by atoms with Gasteiger partial charge in [0.25, 0.3) is 0 Å². The van der Waals surface area contributed by atoms with Crippen molar-refractivity contribution in [1.29, 1.82) is 0 Å². The van der Waals surface area contributed by atoms with Crippen LogP contribution in [0.25, 0.3) is 0 Å². The number of nitrogens with zero attached hydrogens (tertiary/aromatic N) is 1. The van der Waals surface area contributed by atoms with E-state index in [4.69, 9.17) is 5.11 Å². The Morgan fingerprint density at radius 3 is 2.21 bits per heavy atom. The van der Waals surface area contributed by atoms with E-state index in [9.17, 15) is 9.59 Å². The SMILES string of the molecule is CN(C)C1(CNC(=O)NCC(C)(C)C(=O)O)CCC1. The number of carboxylic acids is 1. The second-order valence-corrected chi connectivity index (χ2v) is 6.20. The van der Waals surface area contributed by atoms with Gasteiger partial charge in [-0.2, -0.15) is 0 Å². The fraction of sp³-hybridized carbons (Fsp3) is 0.846. The second-order valence-electron chi connectivity index (χ2n) is 6.20. The predicted molar refractivity (Wildman–Crippen MR) is 73.1 cm³/mol. The van der Waals surface area contributed by atoms with E-state index in [2.05, 4.69) is 15.5 Å². The molecule has 6 heteroatoms. The fourth-order valence-electron chi connectivity index (χ4n) is 2.05. The van der Waals surface area contributed by atoms with E-state index in [0.717, 1.165) is 12.8 Å². The Morgan fingerprint density at radius 2 is 1.84 bits per heavy atom. The minimum atomic E-state index is -0.951. The molecule has 1 saturated carbocycles. The molecule has 0 heterocycles. The van der Waals surface area contributed by atoms with Crippen LogP contribution >= 0.6 is 0 Å². The Balaban J connectivity index is 2.34. The van der Waals surface area contributed by atoms with Crippen LogP contribution < -0.4 is 10.6 Å². The quantitative estimate of drug-likeness (QED) is 0.670. The van der Waals surface area contributed by atoms with Gasteiger partial charge in [-0.05, 0) is 47.2 Å². The summed E-state index contributed by atoms with van der Waals surface area (Å²) in [4.78, 5) is 24.8. The lowest BCUT2D eigenvalue weighted by Gasteiger charge is -2.47. The zero-order valence-electron chi connectivity index (χ0n) is 12.2. The number of carbonyl (C=O) groups is 2. The van der Waals surface area contributed by atoms with Crippen molar-refractivity contribution in [2.75, 3.05) is 27.2 Å². The summed E-state index contributed by atoms with van der Waals surface area (Å²) in [6.07, 6.45) is 3.36. The third kappa shape index (κ3) is 3.83. The molecule has 1 aliphatic carbocycles. The molecular formula is C13H25N3O3. The molecule has 6 nitrogen and oxygen atoms in total. The van der Waals surface area contributed by atoms with Crippen LogP contribution in [-0.2, 0) is 4.79 Å². The number of urea groups is 1. The van der Waals surface area contributed by atoms with Crippen molar-refractivity contribution >= 4 is 12.0 Å². The number of likely N-dealkylation sites (N-methyl/N-ethyl adjacent to an activating group) is 1. The number of hydrogen-bond acceptors (Lipinski definition) is 3. The van der Waals surface area contributed by atoms with Crippen LogP contribution in [0.1, 0.15) is 33.1 Å². The van der Waals surface area contributed by atoms with E-state index in [1.807, 2.05) is 14.1 Å². The van der Waals surface area contributed by atoms with Gasteiger partial charge in [0.05, 0.1) is 5.41 Å². The van der Waals surface area contributed by atoms with Gasteiger partial charge in [-0.3, -0.25) is 4.79 Å². The van der Waals surface area contributed by atoms with Crippen molar-refractivity contribution < 1.29 is 14.7 Å². The molecule has 0 aliphatic heterocycles. The number of rotatable bonds is 6. The molecule has 1 fully saturated rings. The highest BCUT2D eigenvalue weighted by atomic mass is 16.4. The summed E-state index contributed by atoms with van der Waals surface area (Å²) in [6, 6.07) is -0.303. The van der Waals surface area contributed by atoms with Crippen LogP contribution in [0.15, 0.2) is 0 Å². The maximum absolute atomic E-state index is 11.7. The van der Waals surface area contributed by atoms with E-state index in [1.165, 1.54) is 6.42 Å². The highest BCUT2D eigenvalue weighted by molar-refractivity contribution is 5.77. The number of hydrogen-bond donors (Lipinski definition) is 3. The highest BCUT2D eigenvalue weighted by Gasteiger charge is 2.39. The van der Waals surface area contributed by atoms with Crippen molar-refractivity contribution in [3.8, 4) is 0 Å². The Bertz CT molecular complexity index is 349. The van der Waals surface area contributed by atoms with E-state index in [1.54, 1.807) is 13.8 Å². The second kappa shape index (κ2) is 5.77. The van der Waals surface area contributed by atoms with Crippen LogP contribution in [0.4, 0.5) is 4.79 Å². The fourth-order valence-corrected chi connectivity index (χ4v) is 2.05. The van der Waals surface area contributed by atoms with Gasteiger partial charge < -0.3 is 20.6 Å². The van der Waals surface area contributed by atoms with E-state index >= 15 is 0 Å². The maximum Gasteiger partial charge on any atom is 0.314 e. The summed E-state index contributed by atoms with van der Waals surface area (Å²) in [5.74, 6) is -0.920. The third-order valence-electron chi connectivity index (χ3n) is 4.08. The van der Waals surface area contributed by atoms with Crippen molar-refractivity contribution in [3.63, 3.8) is 0 Å². The molecule has 0 saturated heterocycles. The molecular weight excluding hydrogens is 246 g/mol. The summed E-state index contributed by atoms with van der Waals surface area (Å²) in [5, 5.41) is 14.4. The molecule has 0 spiro atoms. The Morgan fingerprint density at radius 1 is 1.26 bits per heavy atom. The van der Waals surface area contributed by atoms with Gasteiger partial charge in [0, 0.05) is 18.6 Å². The zero-order valence-corrected chi connectivity index (χ0v) is 12.2. The molecule has 0 bridgehead atoms. The number of carboxylic acid groups (broad SMARTS) is 1. The first-order chi connectivity index (χ1) is 8.69. The molecule has 0 aromatic rings. The van der Waals surface area contributed by atoms with Gasteiger partial charge in [0.15, 0.2) is 0 Å². The molecule has 0 radical (unpaired) electrons. The van der Waals surface area contributed by atoms with E-state index in [-0.39, 0.29) is 18.1 Å². The van der Waals surface area contributed by atoms with Crippen LogP contribution in [0.5, 0.6) is 0 Å². The topological polar surface area (TPSA) is 81.7 Å². The number of aliphatic carboxylic acids is 1. The van der Waals surface area contributed by atoms with Crippen LogP contribution in [0.3, 0.4) is 0 Å². The first-order valence-electron chi connectivity index (χ1n) is 6.62. The summed E-state index contributed by atoms with van der Waals surface area (Å²) in [6.45, 7) is 3.88. The first kappa shape index (κ1) is 15.8. The minimum Gasteiger partial charge on any atom is -0.481 e. The van der Waals surface area contributed by atoms with Crippen LogP contribution in [0.2, 0.25) is 0 Å². The minimum absolute atomic E-state index is 0.0691. The maximum atomic E-state index is 11.7. The molecule has 110 valence electrons. The lowest BCUT2D eigenvalue weighted by molar-refractivity contribution is -0.146. The van der Waals surface area contributed by atoms with E-state index < -0.39 is 11.4 Å². The molecule has 19 heavy (non-hydrogen) atoms. The molecule has 1 aliphatic rings. The zero-order chi connectivity index (χ0) is 14.7. The van der Waals surface area contributed by atoms with Crippen LogP contribution in [-0.4, -0.2) is 54.7 Å². The molecule has 0 aromatic heterocycles. The molecule has 2 amide bonds. The normalized spacial score (nSPS) is 17.7. The third-order valence-corrected chi connectivity index (χ3v) is 4.08. The van der Waals surface area contributed by atoms with Gasteiger partial charge in [-0.25, -0.2) is 4.79 Å². The summed E-state index contributed by atoms with van der Waals surface area (Å²) >= 11 is 0. The molecule has 1 rings (SSSR count). The molecule has 0 aromatic carbocycles. The summed E-state index contributed by atoms with van der Waals surface area (Å²) < 4.78 is 0. The average Bonchev–Trinajstić information content (AvgIpc) is 2.24. The lowest BCUT2D eigenvalue weighted by atomic mass is 9.75. The lowest BCUT2D eigenvalue weighted by Crippen LogP contribution is -2.58. The molecule has 3 N–H and O–H groups in total. The van der Waals surface area contributed by atoms with Crippen LogP contribution in [0, 0.1) is 5.41 Å². The summed E-state index contributed by atoms with van der Waals surface area (Å²) in [5.41, 5.74) is -0.882. The average molecular weight is 271 g/mol. The van der Waals surface area contributed by atoms with Gasteiger partial charge >= 0.3 is 12.0 Å². The van der Waals surface area contributed by atoms with Crippen molar-refractivity contribution in [1.82, 2.24) is 15.5 Å². The highest BCUT2D eigenvalue weighted by Crippen LogP contribution is 2.35. The largest absolute Gasteiger partial charge is 0.481 e. The van der Waals surface area contributed by atoms with Gasteiger partial charge in [0.2, 0.25) is 0 Å². The molecule has 0 atom stereocenters. The van der Waals surface area contributed by atoms with Gasteiger partial charge in [0.1, 0.15) is 0 Å². The number of carbonyl (C=O) groups excluding carboxylic acids is 1. The van der Waals surface area contributed by atoms with Crippen molar-refractivity contribution in [2.24, 2.45) is 5.41 Å².